The predicted molar refractivity (Wildman–Crippen MR) is 83.1 cm³/mol. The molecule has 18 heavy (non-hydrogen) atoms. The van der Waals surface area contributed by atoms with Crippen molar-refractivity contribution in [1.82, 2.24) is 0 Å². The monoisotopic (exact) mass is 298 g/mol. The van der Waals surface area contributed by atoms with Crippen LogP contribution in [0.5, 0.6) is 0 Å². The van der Waals surface area contributed by atoms with Gasteiger partial charge in [0.05, 0.1) is 0 Å². The Hall–Kier alpha value is -1.34. The molecule has 0 heterocycles. The van der Waals surface area contributed by atoms with Gasteiger partial charge >= 0.3 is 0 Å². The van der Waals surface area contributed by atoms with Crippen molar-refractivity contribution in [1.29, 1.82) is 0 Å². The van der Waals surface area contributed by atoms with Crippen molar-refractivity contribution >= 4 is 37.5 Å². The third kappa shape index (κ3) is 1.83. The highest BCUT2D eigenvalue weighted by atomic mass is 79.9. The van der Waals surface area contributed by atoms with Gasteiger partial charge in [0.1, 0.15) is 0 Å². The number of fused-ring (bicyclic) bond motifs is 2. The summed E-state index contributed by atoms with van der Waals surface area (Å²) in [4.78, 5) is 0. The van der Waals surface area contributed by atoms with Gasteiger partial charge < -0.3 is 0 Å². The van der Waals surface area contributed by atoms with Gasteiger partial charge in [0.2, 0.25) is 0 Å². The van der Waals surface area contributed by atoms with E-state index in [9.17, 15) is 0 Å². The largest absolute Gasteiger partial charge is 0.0651 e. The lowest BCUT2D eigenvalue weighted by atomic mass is 9.94. The van der Waals surface area contributed by atoms with E-state index in [-0.39, 0.29) is 0 Å². The van der Waals surface area contributed by atoms with E-state index in [1.54, 1.807) is 0 Å². The number of benzene rings is 3. The zero-order valence-corrected chi connectivity index (χ0v) is 12.0. The Kier molecular flexibility index (Phi) is 3.09. The molecule has 0 N–H and O–H groups in total. The van der Waals surface area contributed by atoms with E-state index in [1.807, 2.05) is 0 Å². The van der Waals surface area contributed by atoms with Crippen LogP contribution in [-0.4, -0.2) is 0 Å². The summed E-state index contributed by atoms with van der Waals surface area (Å²) in [7, 11) is 0. The highest BCUT2D eigenvalue weighted by Crippen LogP contribution is 2.33. The van der Waals surface area contributed by atoms with Crippen LogP contribution in [0.2, 0.25) is 0 Å². The Morgan fingerprint density at radius 1 is 0.944 bits per heavy atom. The lowest BCUT2D eigenvalue weighted by molar-refractivity contribution is 0.936. The van der Waals surface area contributed by atoms with Crippen LogP contribution >= 0.6 is 15.9 Å². The van der Waals surface area contributed by atoms with E-state index in [2.05, 4.69) is 71.4 Å². The number of aryl methyl sites for hydroxylation is 1. The van der Waals surface area contributed by atoms with Crippen LogP contribution in [0, 0.1) is 0 Å². The molecule has 0 atom stereocenters. The molecule has 0 nitrogen and oxygen atoms in total. The predicted octanol–water partition coefficient (Wildman–Crippen LogP) is 5.71. The van der Waals surface area contributed by atoms with Gasteiger partial charge in [0.25, 0.3) is 0 Å². The van der Waals surface area contributed by atoms with Gasteiger partial charge in [-0.3, -0.25) is 0 Å². The molecule has 3 rings (SSSR count). The number of rotatable bonds is 2. The lowest BCUT2D eigenvalue weighted by Gasteiger charge is -2.12. The second-order valence-electron chi connectivity index (χ2n) is 4.66. The molecular weight excluding hydrogens is 284 g/mol. The molecule has 3 aromatic carbocycles. The van der Waals surface area contributed by atoms with E-state index >= 15 is 0 Å². The molecule has 90 valence electrons. The molecule has 0 aliphatic rings. The second-order valence-corrected chi connectivity index (χ2v) is 5.52. The van der Waals surface area contributed by atoms with Crippen molar-refractivity contribution in [2.24, 2.45) is 0 Å². The molecule has 0 saturated carbocycles. The Morgan fingerprint density at radius 2 is 1.72 bits per heavy atom. The average Bonchev–Trinajstić information content (AvgIpc) is 2.39. The zero-order valence-electron chi connectivity index (χ0n) is 10.4. The lowest BCUT2D eigenvalue weighted by Crippen LogP contribution is -1.90. The summed E-state index contributed by atoms with van der Waals surface area (Å²) in [6.07, 6.45) is 2.30. The first-order valence-corrected chi connectivity index (χ1v) is 7.19. The Bertz CT molecular complexity index is 713. The molecule has 0 aromatic heterocycles. The molecule has 0 amide bonds. The first-order valence-electron chi connectivity index (χ1n) is 6.40. The third-order valence-electron chi connectivity index (χ3n) is 3.44. The summed E-state index contributed by atoms with van der Waals surface area (Å²) in [6, 6.07) is 17.4. The van der Waals surface area contributed by atoms with Crippen LogP contribution in [0.15, 0.2) is 53.0 Å². The highest BCUT2D eigenvalue weighted by molar-refractivity contribution is 9.10. The molecule has 3 aromatic rings. The minimum absolute atomic E-state index is 1.13. The minimum Gasteiger partial charge on any atom is -0.0651 e. The zero-order chi connectivity index (χ0) is 12.5. The van der Waals surface area contributed by atoms with Crippen molar-refractivity contribution in [2.75, 3.05) is 0 Å². The Morgan fingerprint density at radius 3 is 2.56 bits per heavy atom. The fourth-order valence-corrected chi connectivity index (χ4v) is 3.31. The van der Waals surface area contributed by atoms with Crippen LogP contribution in [0.25, 0.3) is 21.5 Å². The van der Waals surface area contributed by atoms with E-state index in [4.69, 9.17) is 0 Å². The van der Waals surface area contributed by atoms with E-state index < -0.39 is 0 Å². The second kappa shape index (κ2) is 4.74. The van der Waals surface area contributed by atoms with E-state index in [0.29, 0.717) is 0 Å². The van der Waals surface area contributed by atoms with Gasteiger partial charge in [-0.1, -0.05) is 65.7 Å². The fourth-order valence-electron chi connectivity index (χ4n) is 2.69. The number of hydrogen-bond acceptors (Lipinski definition) is 0. The van der Waals surface area contributed by atoms with Gasteiger partial charge in [-0.05, 0) is 45.7 Å². The van der Waals surface area contributed by atoms with Gasteiger partial charge in [-0.25, -0.2) is 0 Å². The maximum Gasteiger partial charge on any atom is 0.0256 e. The molecule has 0 bridgehead atoms. The minimum atomic E-state index is 1.13. The Balaban J connectivity index is 2.51. The van der Waals surface area contributed by atoms with Crippen LogP contribution in [0.1, 0.15) is 18.9 Å². The molecule has 0 radical (unpaired) electrons. The first kappa shape index (κ1) is 11.7. The number of halogens is 1. The van der Waals surface area contributed by atoms with Crippen LogP contribution in [-0.2, 0) is 6.42 Å². The van der Waals surface area contributed by atoms with Gasteiger partial charge in [-0.2, -0.15) is 0 Å². The summed E-state index contributed by atoms with van der Waals surface area (Å²) in [5.74, 6) is 0. The smallest absolute Gasteiger partial charge is 0.0256 e. The van der Waals surface area contributed by atoms with Crippen LogP contribution in [0.4, 0.5) is 0 Å². The highest BCUT2D eigenvalue weighted by Gasteiger charge is 2.08. The SMILES string of the molecule is CCCc1c2ccccc2cc2cccc(Br)c12. The average molecular weight is 299 g/mol. The van der Waals surface area contributed by atoms with Crippen LogP contribution < -0.4 is 0 Å². The molecule has 0 aliphatic carbocycles. The van der Waals surface area contributed by atoms with E-state index in [0.717, 1.165) is 6.42 Å². The molecule has 0 saturated heterocycles. The molecule has 0 aliphatic heterocycles. The molecule has 1 heteroatoms. The quantitative estimate of drug-likeness (QED) is 0.532. The van der Waals surface area contributed by atoms with Gasteiger partial charge in [0.15, 0.2) is 0 Å². The maximum atomic E-state index is 3.70. The molecule has 0 spiro atoms. The van der Waals surface area contributed by atoms with Gasteiger partial charge in [0, 0.05) is 4.47 Å². The third-order valence-corrected chi connectivity index (χ3v) is 4.11. The normalized spacial score (nSPS) is 11.2. The summed E-state index contributed by atoms with van der Waals surface area (Å²) in [5.41, 5.74) is 1.47. The van der Waals surface area contributed by atoms with Crippen LogP contribution in [0.3, 0.4) is 0 Å². The molecular formula is C17H15Br. The summed E-state index contributed by atoms with van der Waals surface area (Å²) < 4.78 is 1.20. The maximum absolute atomic E-state index is 3.70. The summed E-state index contributed by atoms with van der Waals surface area (Å²) >= 11 is 3.70. The molecule has 0 unspecified atom stereocenters. The standard InChI is InChI=1S/C17H15Br/c1-2-6-15-14-9-4-3-7-12(14)11-13-8-5-10-16(18)17(13)15/h3-5,7-11H,2,6H2,1H3. The van der Waals surface area contributed by atoms with Crippen molar-refractivity contribution in [2.45, 2.75) is 19.8 Å². The van der Waals surface area contributed by atoms with Crippen molar-refractivity contribution in [3.05, 3.63) is 58.6 Å². The number of hydrogen-bond donors (Lipinski definition) is 0. The summed E-state index contributed by atoms with van der Waals surface area (Å²) in [5, 5.41) is 5.43. The Labute approximate surface area is 116 Å². The van der Waals surface area contributed by atoms with Crippen molar-refractivity contribution < 1.29 is 0 Å². The summed E-state index contributed by atoms with van der Waals surface area (Å²) in [6.45, 7) is 2.24. The van der Waals surface area contributed by atoms with Gasteiger partial charge in [-0.15, -0.1) is 0 Å². The van der Waals surface area contributed by atoms with Crippen molar-refractivity contribution in [3.8, 4) is 0 Å². The first-order chi connectivity index (χ1) is 8.81. The van der Waals surface area contributed by atoms with E-state index in [1.165, 1.54) is 38.0 Å². The topological polar surface area (TPSA) is 0 Å². The van der Waals surface area contributed by atoms with Crippen molar-refractivity contribution in [3.63, 3.8) is 0 Å². The molecule has 0 fully saturated rings. The fraction of sp³-hybridized carbons (Fsp3) is 0.176.